The molecule has 0 bridgehead atoms. The van der Waals surface area contributed by atoms with Crippen molar-refractivity contribution in [1.82, 2.24) is 15.0 Å². The number of nitrogen functional groups attached to an aromatic ring is 1. The van der Waals surface area contributed by atoms with Gasteiger partial charge in [0.25, 0.3) is 0 Å². The van der Waals surface area contributed by atoms with E-state index in [1.807, 2.05) is 0 Å². The summed E-state index contributed by atoms with van der Waals surface area (Å²) in [6.07, 6.45) is 1.52. The van der Waals surface area contributed by atoms with Crippen LogP contribution < -0.4 is 5.73 Å². The van der Waals surface area contributed by atoms with E-state index in [-0.39, 0.29) is 35.7 Å². The second-order valence-electron chi connectivity index (χ2n) is 3.43. The van der Waals surface area contributed by atoms with Crippen molar-refractivity contribution in [3.8, 4) is 11.4 Å². The second-order valence-corrected chi connectivity index (χ2v) is 3.81. The number of carbonyl (C=O) groups excluding carboxylic acids is 1. The normalized spacial score (nSPS) is 9.79. The van der Waals surface area contributed by atoms with E-state index in [1.165, 1.54) is 6.20 Å². The molecule has 0 fully saturated rings. The number of H-pyrrole nitrogens is 1. The topological polar surface area (TPSA) is 93.9 Å². The zero-order valence-electron chi connectivity index (χ0n) is 10.0. The van der Waals surface area contributed by atoms with Crippen LogP contribution in [0.25, 0.3) is 11.4 Å². The van der Waals surface area contributed by atoms with E-state index < -0.39 is 5.97 Å². The smallest absolute Gasteiger partial charge is 0.341 e. The van der Waals surface area contributed by atoms with E-state index in [9.17, 15) is 4.79 Å². The molecule has 0 aliphatic carbocycles. The van der Waals surface area contributed by atoms with Crippen molar-refractivity contribution in [2.45, 2.75) is 6.92 Å². The van der Waals surface area contributed by atoms with Crippen molar-refractivity contribution in [3.05, 3.63) is 29.0 Å². The lowest BCUT2D eigenvalue weighted by Gasteiger charge is -1.98. The highest BCUT2D eigenvalue weighted by Crippen LogP contribution is 2.24. The largest absolute Gasteiger partial charge is 0.462 e. The first kappa shape index (κ1) is 15.3. The Balaban J connectivity index is 0.00000180. The molecule has 6 nitrogen and oxygen atoms in total. The first-order valence-corrected chi connectivity index (χ1v) is 5.64. The van der Waals surface area contributed by atoms with Gasteiger partial charge in [0, 0.05) is 6.20 Å². The van der Waals surface area contributed by atoms with Gasteiger partial charge < -0.3 is 15.5 Å². The number of aromatic amines is 1. The Kier molecular flexibility index (Phi) is 5.14. The minimum absolute atomic E-state index is 0. The van der Waals surface area contributed by atoms with Crippen molar-refractivity contribution in [1.29, 1.82) is 0 Å². The molecular formula is C11H12Cl2N4O2. The minimum atomic E-state index is -0.480. The third-order valence-electron chi connectivity index (χ3n) is 2.22. The van der Waals surface area contributed by atoms with Crippen molar-refractivity contribution < 1.29 is 9.53 Å². The van der Waals surface area contributed by atoms with Crippen LogP contribution in [-0.4, -0.2) is 27.5 Å². The average Bonchev–Trinajstić information content (AvgIpc) is 2.72. The molecule has 0 atom stereocenters. The van der Waals surface area contributed by atoms with E-state index >= 15 is 0 Å². The summed E-state index contributed by atoms with van der Waals surface area (Å²) in [5, 5.41) is 0.209. The number of carbonyl (C=O) groups is 1. The highest BCUT2D eigenvalue weighted by atomic mass is 35.5. The molecule has 0 radical (unpaired) electrons. The van der Waals surface area contributed by atoms with Gasteiger partial charge in [-0.1, -0.05) is 11.6 Å². The van der Waals surface area contributed by atoms with Gasteiger partial charge in [0.05, 0.1) is 23.6 Å². The Morgan fingerprint density at radius 2 is 2.32 bits per heavy atom. The molecule has 102 valence electrons. The summed E-state index contributed by atoms with van der Waals surface area (Å²) in [7, 11) is 0. The van der Waals surface area contributed by atoms with Crippen LogP contribution in [0.5, 0.6) is 0 Å². The number of hydrogen-bond donors (Lipinski definition) is 2. The number of nitrogens with one attached hydrogen (secondary N) is 1. The van der Waals surface area contributed by atoms with Crippen LogP contribution in [0.2, 0.25) is 5.15 Å². The molecule has 8 heteroatoms. The van der Waals surface area contributed by atoms with Gasteiger partial charge in [-0.2, -0.15) is 0 Å². The van der Waals surface area contributed by atoms with Gasteiger partial charge in [-0.05, 0) is 19.1 Å². The van der Waals surface area contributed by atoms with Gasteiger partial charge in [-0.25, -0.2) is 14.8 Å². The number of esters is 1. The SMILES string of the molecule is CCOC(=O)c1cc(-c2ccnc(N)n2)[nH]c1Cl.Cl. The fraction of sp³-hybridized carbons (Fsp3) is 0.182. The molecule has 0 spiro atoms. The third kappa shape index (κ3) is 3.36. The zero-order chi connectivity index (χ0) is 13.1. The Morgan fingerprint density at radius 1 is 1.58 bits per heavy atom. The number of hydrogen-bond acceptors (Lipinski definition) is 5. The summed E-state index contributed by atoms with van der Waals surface area (Å²) in [5.74, 6) is -0.331. The molecule has 2 heterocycles. The average molecular weight is 303 g/mol. The molecule has 0 saturated carbocycles. The maximum absolute atomic E-state index is 11.6. The van der Waals surface area contributed by atoms with Crippen LogP contribution in [-0.2, 0) is 4.74 Å². The molecule has 2 aromatic heterocycles. The Labute approximate surface area is 120 Å². The predicted octanol–water partition coefficient (Wildman–Crippen LogP) is 2.31. The highest BCUT2D eigenvalue weighted by Gasteiger charge is 2.16. The summed E-state index contributed by atoms with van der Waals surface area (Å²) >= 11 is 5.93. The van der Waals surface area contributed by atoms with Crippen LogP contribution in [0, 0.1) is 0 Å². The van der Waals surface area contributed by atoms with Crippen LogP contribution in [0.1, 0.15) is 17.3 Å². The van der Waals surface area contributed by atoms with E-state index in [0.717, 1.165) is 0 Å². The van der Waals surface area contributed by atoms with Gasteiger partial charge in [0.1, 0.15) is 5.15 Å². The lowest BCUT2D eigenvalue weighted by molar-refractivity contribution is 0.0527. The van der Waals surface area contributed by atoms with Crippen molar-refractivity contribution in [2.75, 3.05) is 12.3 Å². The summed E-state index contributed by atoms with van der Waals surface area (Å²) in [6, 6.07) is 3.23. The number of rotatable bonds is 3. The second kappa shape index (κ2) is 6.40. The summed E-state index contributed by atoms with van der Waals surface area (Å²) < 4.78 is 4.88. The molecule has 0 amide bonds. The first-order chi connectivity index (χ1) is 8.61. The van der Waals surface area contributed by atoms with Gasteiger partial charge in [0.15, 0.2) is 0 Å². The molecule has 0 saturated heterocycles. The molecule has 0 aliphatic rings. The summed E-state index contributed by atoms with van der Waals surface area (Å²) in [4.78, 5) is 22.3. The number of anilines is 1. The van der Waals surface area contributed by atoms with Gasteiger partial charge in [-0.3, -0.25) is 0 Å². The number of nitrogens with zero attached hydrogens (tertiary/aromatic N) is 2. The lowest BCUT2D eigenvalue weighted by Crippen LogP contribution is -2.03. The van der Waals surface area contributed by atoms with Crippen LogP contribution in [0.3, 0.4) is 0 Å². The van der Waals surface area contributed by atoms with Gasteiger partial charge in [0.2, 0.25) is 5.95 Å². The molecule has 0 aromatic carbocycles. The first-order valence-electron chi connectivity index (χ1n) is 5.26. The van der Waals surface area contributed by atoms with E-state index in [4.69, 9.17) is 22.1 Å². The van der Waals surface area contributed by atoms with Crippen LogP contribution in [0.4, 0.5) is 5.95 Å². The van der Waals surface area contributed by atoms with Crippen molar-refractivity contribution >= 4 is 35.9 Å². The summed E-state index contributed by atoms with van der Waals surface area (Å²) in [6.45, 7) is 2.01. The molecular weight excluding hydrogens is 291 g/mol. The summed E-state index contributed by atoms with van der Waals surface area (Å²) in [5.41, 5.74) is 6.89. The Hall–Kier alpha value is -1.79. The fourth-order valence-electron chi connectivity index (χ4n) is 1.45. The van der Waals surface area contributed by atoms with Gasteiger partial charge in [-0.15, -0.1) is 12.4 Å². The number of nitrogens with two attached hydrogens (primary N) is 1. The quantitative estimate of drug-likeness (QED) is 0.849. The maximum atomic E-state index is 11.6. The molecule has 2 rings (SSSR count). The van der Waals surface area contributed by atoms with E-state index in [2.05, 4.69) is 15.0 Å². The van der Waals surface area contributed by atoms with Crippen LogP contribution in [0.15, 0.2) is 18.3 Å². The van der Waals surface area contributed by atoms with Gasteiger partial charge >= 0.3 is 5.97 Å². The van der Waals surface area contributed by atoms with E-state index in [1.54, 1.807) is 19.1 Å². The van der Waals surface area contributed by atoms with Crippen LogP contribution >= 0.6 is 24.0 Å². The molecule has 0 unspecified atom stereocenters. The zero-order valence-corrected chi connectivity index (χ0v) is 11.6. The number of ether oxygens (including phenoxy) is 1. The lowest BCUT2D eigenvalue weighted by atomic mass is 10.2. The molecule has 19 heavy (non-hydrogen) atoms. The Bertz CT molecular complexity index is 586. The maximum Gasteiger partial charge on any atom is 0.341 e. The molecule has 0 aliphatic heterocycles. The van der Waals surface area contributed by atoms with Crippen molar-refractivity contribution in [3.63, 3.8) is 0 Å². The van der Waals surface area contributed by atoms with E-state index in [0.29, 0.717) is 11.4 Å². The standard InChI is InChI=1S/C11H11ClN4O2.ClH/c1-2-18-10(17)6-5-8(15-9(6)12)7-3-4-14-11(13)16-7;/h3-5,15H,2H2,1H3,(H2,13,14,16);1H. The highest BCUT2D eigenvalue weighted by molar-refractivity contribution is 6.32. The Morgan fingerprint density at radius 3 is 2.95 bits per heavy atom. The predicted molar refractivity (Wildman–Crippen MR) is 74.4 cm³/mol. The number of aromatic nitrogens is 3. The molecule has 2 aromatic rings. The monoisotopic (exact) mass is 302 g/mol. The molecule has 3 N–H and O–H groups in total. The fourth-order valence-corrected chi connectivity index (χ4v) is 1.68. The van der Waals surface area contributed by atoms with Crippen molar-refractivity contribution in [2.24, 2.45) is 0 Å². The number of halogens is 2. The third-order valence-corrected chi connectivity index (χ3v) is 2.51. The minimum Gasteiger partial charge on any atom is -0.462 e.